The zero-order chi connectivity index (χ0) is 28.9. The predicted octanol–water partition coefficient (Wildman–Crippen LogP) is 4.86. The number of ether oxygens (including phenoxy) is 4. The number of thioether (sulfide) groups is 2. The monoisotopic (exact) mass is 586 g/mol. The van der Waals surface area contributed by atoms with E-state index in [0.717, 1.165) is 43.4 Å². The van der Waals surface area contributed by atoms with Crippen molar-refractivity contribution in [1.29, 1.82) is 0 Å². The van der Waals surface area contributed by atoms with E-state index >= 15 is 0 Å². The fourth-order valence-electron chi connectivity index (χ4n) is 3.50. The van der Waals surface area contributed by atoms with Crippen LogP contribution in [0.15, 0.2) is 67.8 Å². The summed E-state index contributed by atoms with van der Waals surface area (Å²) in [6, 6.07) is 11.0. The number of aromatic hydroxyl groups is 1. The van der Waals surface area contributed by atoms with E-state index in [1.807, 2.05) is 12.1 Å². The van der Waals surface area contributed by atoms with Gasteiger partial charge in [-0.25, -0.2) is 14.4 Å². The Labute approximate surface area is 240 Å². The van der Waals surface area contributed by atoms with Gasteiger partial charge in [-0.3, -0.25) is 4.79 Å². The Balaban J connectivity index is 1.43. The molecular formula is C29H30O9S2. The van der Waals surface area contributed by atoms with Crippen LogP contribution in [0.1, 0.15) is 35.2 Å². The molecule has 212 valence electrons. The minimum absolute atomic E-state index is 0.0566. The van der Waals surface area contributed by atoms with Crippen LogP contribution in [0.25, 0.3) is 0 Å². The van der Waals surface area contributed by atoms with Crippen molar-refractivity contribution in [2.75, 3.05) is 18.1 Å². The largest absolute Gasteiger partial charge is 0.504 e. The summed E-state index contributed by atoms with van der Waals surface area (Å²) >= 11 is 2.62. The lowest BCUT2D eigenvalue weighted by Gasteiger charge is -2.25. The van der Waals surface area contributed by atoms with Gasteiger partial charge in [-0.15, -0.1) is 23.5 Å². The highest BCUT2D eigenvalue weighted by Crippen LogP contribution is 2.34. The third-order valence-electron chi connectivity index (χ3n) is 5.61. The molecule has 2 atom stereocenters. The Kier molecular flexibility index (Phi) is 12.2. The van der Waals surface area contributed by atoms with E-state index in [1.54, 1.807) is 12.1 Å². The summed E-state index contributed by atoms with van der Waals surface area (Å²) in [5, 5.41) is 9.83. The summed E-state index contributed by atoms with van der Waals surface area (Å²) in [7, 11) is 0. The first-order chi connectivity index (χ1) is 19.3. The fraction of sp³-hybridized carbons (Fsp3) is 0.310. The van der Waals surface area contributed by atoms with E-state index in [2.05, 4.69) is 13.2 Å². The van der Waals surface area contributed by atoms with Crippen LogP contribution in [0, 0.1) is 0 Å². The molecule has 40 heavy (non-hydrogen) atoms. The van der Waals surface area contributed by atoms with E-state index in [1.165, 1.54) is 41.7 Å². The number of aryl methyl sites for hydroxylation is 1. The highest BCUT2D eigenvalue weighted by Gasteiger charge is 2.31. The number of phenols is 1. The van der Waals surface area contributed by atoms with Crippen LogP contribution >= 0.6 is 23.5 Å². The highest BCUT2D eigenvalue weighted by atomic mass is 32.2. The molecule has 1 heterocycles. The molecule has 1 aliphatic heterocycles. The van der Waals surface area contributed by atoms with Crippen molar-refractivity contribution < 1.29 is 43.2 Å². The van der Waals surface area contributed by atoms with Gasteiger partial charge < -0.3 is 24.1 Å². The zero-order valence-corrected chi connectivity index (χ0v) is 23.4. The molecule has 1 aliphatic rings. The third-order valence-corrected chi connectivity index (χ3v) is 8.45. The normalized spacial score (nSPS) is 16.3. The number of carbonyl (C=O) groups is 4. The molecule has 1 N–H and O–H groups in total. The topological polar surface area (TPSA) is 125 Å². The molecule has 11 heteroatoms. The van der Waals surface area contributed by atoms with Gasteiger partial charge in [-0.1, -0.05) is 25.3 Å². The number of unbranched alkanes of at least 4 members (excludes halogenated alkanes) is 2. The number of carbonyl (C=O) groups excluding carboxylic acids is 4. The molecule has 2 unspecified atom stereocenters. The van der Waals surface area contributed by atoms with E-state index < -0.39 is 29.1 Å². The molecular weight excluding hydrogens is 556 g/mol. The summed E-state index contributed by atoms with van der Waals surface area (Å²) in [5.41, 5.74) is 1.04. The molecule has 1 saturated heterocycles. The van der Waals surface area contributed by atoms with Crippen LogP contribution in [0.5, 0.6) is 17.2 Å². The standard InChI is InChI=1S/C29H30O9S2/c1-3-25(31)35-15-7-5-6-8-19-9-11-20(12-10-19)28(33)36-21-13-14-23(22(30)16-21)37-29(34)24-17-40-27(18-39-24)38-26(32)4-2/h3-4,9-14,16,24,27,30H,1-2,5-8,15,17-18H2. The SMILES string of the molecule is C=CC(=O)OCCCCCc1ccc(C(=O)Oc2ccc(OC(=O)C3CSC(OC(=O)C=C)CS3)c(O)c2)cc1. The molecule has 0 saturated carbocycles. The van der Waals surface area contributed by atoms with Crippen molar-refractivity contribution in [3.8, 4) is 17.2 Å². The molecule has 9 nitrogen and oxygen atoms in total. The van der Waals surface area contributed by atoms with E-state index in [0.29, 0.717) is 23.7 Å². The first kappa shape index (κ1) is 30.8. The highest BCUT2D eigenvalue weighted by molar-refractivity contribution is 8.07. The molecule has 1 fully saturated rings. The minimum Gasteiger partial charge on any atom is -0.504 e. The van der Waals surface area contributed by atoms with Crippen LogP contribution in [-0.2, 0) is 30.3 Å². The lowest BCUT2D eigenvalue weighted by Crippen LogP contribution is -2.32. The maximum atomic E-state index is 12.6. The van der Waals surface area contributed by atoms with Crippen molar-refractivity contribution in [3.63, 3.8) is 0 Å². The Morgan fingerprint density at radius 2 is 1.65 bits per heavy atom. The molecule has 0 aliphatic carbocycles. The molecule has 0 radical (unpaired) electrons. The zero-order valence-electron chi connectivity index (χ0n) is 21.7. The lowest BCUT2D eigenvalue weighted by molar-refractivity contribution is -0.139. The Morgan fingerprint density at radius 3 is 2.30 bits per heavy atom. The predicted molar refractivity (Wildman–Crippen MR) is 153 cm³/mol. The lowest BCUT2D eigenvalue weighted by atomic mass is 10.1. The molecule has 0 aromatic heterocycles. The average molecular weight is 587 g/mol. The third kappa shape index (κ3) is 9.80. The smallest absolute Gasteiger partial charge is 0.343 e. The van der Waals surface area contributed by atoms with E-state index in [-0.39, 0.29) is 22.7 Å². The summed E-state index contributed by atoms with van der Waals surface area (Å²) in [6.45, 7) is 7.07. The number of rotatable bonds is 13. The number of benzene rings is 2. The maximum Gasteiger partial charge on any atom is 0.343 e. The fourth-order valence-corrected chi connectivity index (χ4v) is 6.07. The van der Waals surface area contributed by atoms with E-state index in [4.69, 9.17) is 18.9 Å². The van der Waals surface area contributed by atoms with Crippen LogP contribution in [0.2, 0.25) is 0 Å². The molecule has 2 aromatic carbocycles. The molecule has 0 amide bonds. The quantitative estimate of drug-likeness (QED) is 0.150. The van der Waals surface area contributed by atoms with Crippen LogP contribution in [0.4, 0.5) is 0 Å². The Bertz CT molecular complexity index is 1220. The number of phenolic OH excluding ortho intramolecular Hbond substituents is 1. The number of hydrogen-bond donors (Lipinski definition) is 1. The summed E-state index contributed by atoms with van der Waals surface area (Å²) in [6.07, 6.45) is 5.63. The van der Waals surface area contributed by atoms with Gasteiger partial charge in [-0.05, 0) is 55.5 Å². The van der Waals surface area contributed by atoms with Gasteiger partial charge in [0.05, 0.1) is 12.2 Å². The van der Waals surface area contributed by atoms with Crippen molar-refractivity contribution in [3.05, 3.63) is 78.9 Å². The molecule has 2 aromatic rings. The number of esters is 4. The van der Waals surface area contributed by atoms with Crippen molar-refractivity contribution in [2.24, 2.45) is 0 Å². The van der Waals surface area contributed by atoms with Gasteiger partial charge in [0, 0.05) is 29.7 Å². The molecule has 0 bridgehead atoms. The molecule has 3 rings (SSSR count). The van der Waals surface area contributed by atoms with Crippen molar-refractivity contribution in [2.45, 2.75) is 36.4 Å². The van der Waals surface area contributed by atoms with Gasteiger partial charge in [0.1, 0.15) is 11.0 Å². The second kappa shape index (κ2) is 15.8. The van der Waals surface area contributed by atoms with E-state index in [9.17, 15) is 24.3 Å². The van der Waals surface area contributed by atoms with Gasteiger partial charge in [-0.2, -0.15) is 0 Å². The first-order valence-corrected chi connectivity index (χ1v) is 14.6. The van der Waals surface area contributed by atoms with Crippen LogP contribution < -0.4 is 9.47 Å². The van der Waals surface area contributed by atoms with Crippen molar-refractivity contribution >= 4 is 47.4 Å². The summed E-state index contributed by atoms with van der Waals surface area (Å²) < 4.78 is 20.8. The Morgan fingerprint density at radius 1 is 0.900 bits per heavy atom. The van der Waals surface area contributed by atoms with Crippen LogP contribution in [0.3, 0.4) is 0 Å². The van der Waals surface area contributed by atoms with Gasteiger partial charge in [0.2, 0.25) is 0 Å². The summed E-state index contributed by atoms with van der Waals surface area (Å²) in [5.74, 6) is -1.59. The second-order valence-corrected chi connectivity index (χ2v) is 11.0. The number of hydrogen-bond acceptors (Lipinski definition) is 11. The maximum absolute atomic E-state index is 12.6. The summed E-state index contributed by atoms with van der Waals surface area (Å²) in [4.78, 5) is 47.4. The Hall–Kier alpha value is -3.70. The van der Waals surface area contributed by atoms with Gasteiger partial charge in [0.25, 0.3) is 0 Å². The van der Waals surface area contributed by atoms with Crippen molar-refractivity contribution in [1.82, 2.24) is 0 Å². The average Bonchev–Trinajstić information content (AvgIpc) is 2.96. The minimum atomic E-state index is -0.595. The second-order valence-electron chi connectivity index (χ2n) is 8.55. The van der Waals surface area contributed by atoms with Gasteiger partial charge >= 0.3 is 23.9 Å². The van der Waals surface area contributed by atoms with Crippen LogP contribution in [-0.4, -0.2) is 57.8 Å². The first-order valence-electron chi connectivity index (χ1n) is 12.5. The molecule has 0 spiro atoms. The van der Waals surface area contributed by atoms with Gasteiger partial charge in [0.15, 0.2) is 16.9 Å².